The molecule has 5 nitrogen and oxygen atoms in total. The minimum atomic E-state index is -0.0320. The largest absolute Gasteiger partial charge is 0.497 e. The zero-order valence-electron chi connectivity index (χ0n) is 12.2. The predicted molar refractivity (Wildman–Crippen MR) is 79.9 cm³/mol. The number of aromatic nitrogens is 2. The Bertz CT molecular complexity index is 570. The maximum Gasteiger partial charge on any atom is 0.220 e. The van der Waals surface area contributed by atoms with E-state index in [0.717, 1.165) is 16.9 Å². The van der Waals surface area contributed by atoms with Crippen LogP contribution >= 0.6 is 0 Å². The van der Waals surface area contributed by atoms with Gasteiger partial charge in [0, 0.05) is 18.8 Å². The highest BCUT2D eigenvalue weighted by Gasteiger charge is 2.09. The van der Waals surface area contributed by atoms with Gasteiger partial charge in [-0.2, -0.15) is 0 Å². The highest BCUT2D eigenvalue weighted by atomic mass is 16.5. The average Bonchev–Trinajstić information content (AvgIpc) is 2.54. The van der Waals surface area contributed by atoms with Gasteiger partial charge in [-0.3, -0.25) is 4.79 Å². The molecule has 1 aromatic carbocycles. The number of hydrogen-bond acceptors (Lipinski definition) is 4. The number of amides is 1. The van der Waals surface area contributed by atoms with Crippen molar-refractivity contribution in [2.45, 2.75) is 25.8 Å². The first-order valence-electron chi connectivity index (χ1n) is 6.86. The van der Waals surface area contributed by atoms with E-state index in [1.54, 1.807) is 19.5 Å². The summed E-state index contributed by atoms with van der Waals surface area (Å²) >= 11 is 0. The maximum absolute atomic E-state index is 11.9. The van der Waals surface area contributed by atoms with E-state index >= 15 is 0 Å². The van der Waals surface area contributed by atoms with Crippen molar-refractivity contribution >= 4 is 5.91 Å². The van der Waals surface area contributed by atoms with Gasteiger partial charge in [0.25, 0.3) is 0 Å². The third-order valence-electron chi connectivity index (χ3n) is 3.25. The standard InChI is InChI=1S/C16H19N3O2/c1-12(14-4-6-15(21-2)7-5-14)19-16(20)8-3-13-9-17-11-18-10-13/h4-7,9-12H,3,8H2,1-2H3,(H,19,20). The van der Waals surface area contributed by atoms with Gasteiger partial charge in [0.15, 0.2) is 0 Å². The summed E-state index contributed by atoms with van der Waals surface area (Å²) in [6.07, 6.45) is 6.01. The van der Waals surface area contributed by atoms with E-state index < -0.39 is 0 Å². The summed E-state index contributed by atoms with van der Waals surface area (Å²) in [5, 5.41) is 2.98. The average molecular weight is 285 g/mol. The molecule has 0 aliphatic carbocycles. The summed E-state index contributed by atoms with van der Waals surface area (Å²) < 4.78 is 5.12. The van der Waals surface area contributed by atoms with Crippen LogP contribution in [0.3, 0.4) is 0 Å². The van der Waals surface area contributed by atoms with Gasteiger partial charge < -0.3 is 10.1 Å². The summed E-state index contributed by atoms with van der Waals surface area (Å²) in [5.74, 6) is 0.823. The van der Waals surface area contributed by atoms with Crippen molar-refractivity contribution in [1.82, 2.24) is 15.3 Å². The van der Waals surface area contributed by atoms with Crippen LogP contribution in [0.25, 0.3) is 0 Å². The molecule has 0 aliphatic heterocycles. The molecule has 1 heterocycles. The monoisotopic (exact) mass is 285 g/mol. The summed E-state index contributed by atoms with van der Waals surface area (Å²) in [6.45, 7) is 1.96. The second-order valence-electron chi connectivity index (χ2n) is 4.81. The van der Waals surface area contributed by atoms with Crippen molar-refractivity contribution in [1.29, 1.82) is 0 Å². The van der Waals surface area contributed by atoms with Gasteiger partial charge in [0.1, 0.15) is 12.1 Å². The summed E-state index contributed by atoms with van der Waals surface area (Å²) in [6, 6.07) is 7.65. The van der Waals surface area contributed by atoms with E-state index in [9.17, 15) is 4.79 Å². The van der Waals surface area contributed by atoms with Gasteiger partial charge in [0.2, 0.25) is 5.91 Å². The van der Waals surface area contributed by atoms with E-state index in [2.05, 4.69) is 15.3 Å². The van der Waals surface area contributed by atoms with E-state index in [-0.39, 0.29) is 11.9 Å². The maximum atomic E-state index is 11.9. The van der Waals surface area contributed by atoms with Crippen LogP contribution in [-0.2, 0) is 11.2 Å². The first-order chi connectivity index (χ1) is 10.2. The van der Waals surface area contributed by atoms with Crippen LogP contribution in [0.5, 0.6) is 5.75 Å². The number of carbonyl (C=O) groups excluding carboxylic acids is 1. The van der Waals surface area contributed by atoms with Gasteiger partial charge in [-0.1, -0.05) is 12.1 Å². The van der Waals surface area contributed by atoms with Crippen LogP contribution in [-0.4, -0.2) is 23.0 Å². The fourth-order valence-corrected chi connectivity index (χ4v) is 2.01. The Kier molecular flexibility index (Phi) is 5.26. The SMILES string of the molecule is COc1ccc(C(C)NC(=O)CCc2cncnc2)cc1. The Morgan fingerprint density at radius 2 is 1.90 bits per heavy atom. The van der Waals surface area contributed by atoms with Crippen molar-refractivity contribution in [2.75, 3.05) is 7.11 Å². The lowest BCUT2D eigenvalue weighted by atomic mass is 10.1. The van der Waals surface area contributed by atoms with Gasteiger partial charge in [0.05, 0.1) is 13.2 Å². The molecule has 2 aromatic rings. The van der Waals surface area contributed by atoms with Crippen LogP contribution in [0.4, 0.5) is 0 Å². The number of hydrogen-bond donors (Lipinski definition) is 1. The third kappa shape index (κ3) is 4.56. The Hall–Kier alpha value is -2.43. The molecule has 110 valence electrons. The summed E-state index contributed by atoms with van der Waals surface area (Å²) in [4.78, 5) is 19.8. The Morgan fingerprint density at radius 3 is 2.52 bits per heavy atom. The van der Waals surface area contributed by atoms with Crippen LogP contribution in [0.15, 0.2) is 43.0 Å². The van der Waals surface area contributed by atoms with Gasteiger partial charge in [-0.25, -0.2) is 9.97 Å². The fourth-order valence-electron chi connectivity index (χ4n) is 2.01. The lowest BCUT2D eigenvalue weighted by Crippen LogP contribution is -2.26. The van der Waals surface area contributed by atoms with Crippen molar-refractivity contribution in [3.8, 4) is 5.75 Å². The number of nitrogens with one attached hydrogen (secondary N) is 1. The number of ether oxygens (including phenoxy) is 1. The number of carbonyl (C=O) groups is 1. The molecule has 1 amide bonds. The summed E-state index contributed by atoms with van der Waals surface area (Å²) in [5.41, 5.74) is 2.01. The number of nitrogens with zero attached hydrogens (tertiary/aromatic N) is 2. The van der Waals surface area contributed by atoms with E-state index in [4.69, 9.17) is 4.74 Å². The number of methoxy groups -OCH3 is 1. The van der Waals surface area contributed by atoms with Crippen LogP contribution in [0, 0.1) is 0 Å². The van der Waals surface area contributed by atoms with Crippen LogP contribution in [0.1, 0.15) is 30.5 Å². The van der Waals surface area contributed by atoms with Gasteiger partial charge >= 0.3 is 0 Å². The molecule has 1 aromatic heterocycles. The van der Waals surface area contributed by atoms with Gasteiger partial charge in [-0.15, -0.1) is 0 Å². The molecule has 0 radical (unpaired) electrons. The lowest BCUT2D eigenvalue weighted by molar-refractivity contribution is -0.121. The lowest BCUT2D eigenvalue weighted by Gasteiger charge is -2.14. The molecule has 21 heavy (non-hydrogen) atoms. The predicted octanol–water partition coefficient (Wildman–Crippen LogP) is 2.30. The van der Waals surface area contributed by atoms with Gasteiger partial charge in [-0.05, 0) is 36.6 Å². The van der Waals surface area contributed by atoms with Crippen LogP contribution < -0.4 is 10.1 Å². The fraction of sp³-hybridized carbons (Fsp3) is 0.312. The highest BCUT2D eigenvalue weighted by molar-refractivity contribution is 5.76. The van der Waals surface area contributed by atoms with Crippen molar-refractivity contribution in [3.05, 3.63) is 54.1 Å². The smallest absolute Gasteiger partial charge is 0.220 e. The molecule has 0 spiro atoms. The highest BCUT2D eigenvalue weighted by Crippen LogP contribution is 2.17. The minimum Gasteiger partial charge on any atom is -0.497 e. The third-order valence-corrected chi connectivity index (χ3v) is 3.25. The first-order valence-corrected chi connectivity index (χ1v) is 6.86. The molecule has 0 fully saturated rings. The van der Waals surface area contributed by atoms with E-state index in [1.807, 2.05) is 31.2 Å². The topological polar surface area (TPSA) is 64.1 Å². The quantitative estimate of drug-likeness (QED) is 0.884. The zero-order chi connectivity index (χ0) is 15.1. The molecule has 5 heteroatoms. The molecular formula is C16H19N3O2. The molecule has 0 saturated heterocycles. The molecule has 0 bridgehead atoms. The summed E-state index contributed by atoms with van der Waals surface area (Å²) in [7, 11) is 1.63. The normalized spacial score (nSPS) is 11.7. The second-order valence-corrected chi connectivity index (χ2v) is 4.81. The Morgan fingerprint density at radius 1 is 1.24 bits per heavy atom. The molecule has 1 atom stereocenters. The number of benzene rings is 1. The number of rotatable bonds is 6. The van der Waals surface area contributed by atoms with Crippen molar-refractivity contribution in [2.24, 2.45) is 0 Å². The van der Waals surface area contributed by atoms with Crippen LogP contribution in [0.2, 0.25) is 0 Å². The minimum absolute atomic E-state index is 0.0159. The molecule has 1 unspecified atom stereocenters. The van der Waals surface area contributed by atoms with Crippen molar-refractivity contribution in [3.63, 3.8) is 0 Å². The Balaban J connectivity index is 1.83. The van der Waals surface area contributed by atoms with E-state index in [0.29, 0.717) is 12.8 Å². The molecule has 2 rings (SSSR count). The zero-order valence-corrected chi connectivity index (χ0v) is 12.2. The molecule has 1 N–H and O–H groups in total. The van der Waals surface area contributed by atoms with Crippen molar-refractivity contribution < 1.29 is 9.53 Å². The second kappa shape index (κ2) is 7.38. The Labute approximate surface area is 124 Å². The van der Waals surface area contributed by atoms with E-state index in [1.165, 1.54) is 6.33 Å². The number of aryl methyl sites for hydroxylation is 1. The molecule has 0 aliphatic rings. The first kappa shape index (κ1) is 15.0. The molecular weight excluding hydrogens is 266 g/mol. The molecule has 0 saturated carbocycles.